The van der Waals surface area contributed by atoms with Crippen molar-refractivity contribution < 1.29 is 14.3 Å². The largest absolute Gasteiger partial charge is 0.468 e. The molecule has 1 fully saturated rings. The van der Waals surface area contributed by atoms with Gasteiger partial charge < -0.3 is 15.2 Å². The number of carbonyl (C=O) groups excluding carboxylic acids is 1. The normalized spacial score (nSPS) is 23.1. The lowest BCUT2D eigenvalue weighted by molar-refractivity contribution is -0.141. The van der Waals surface area contributed by atoms with Crippen LogP contribution in [-0.4, -0.2) is 67.4 Å². The second-order valence-corrected chi connectivity index (χ2v) is 5.82. The summed E-state index contributed by atoms with van der Waals surface area (Å²) in [5.41, 5.74) is 5.67. The second-order valence-electron chi connectivity index (χ2n) is 4.75. The number of methoxy groups -OCH3 is 1. The molecule has 0 aromatic heterocycles. The second kappa shape index (κ2) is 7.99. The third-order valence-corrected chi connectivity index (χ3v) is 4.21. The van der Waals surface area contributed by atoms with Gasteiger partial charge in [0.05, 0.1) is 19.8 Å². The lowest BCUT2D eigenvalue weighted by Crippen LogP contribution is -2.46. The van der Waals surface area contributed by atoms with E-state index < -0.39 is 6.04 Å². The standard InChI is InChI=1S/C12H24N2O3S/c1-9(2)14-4-5-17-10(6-14)7-18-8-11(13)12(15)16-3/h9-11H,4-8,13H2,1-3H3. The number of rotatable bonds is 6. The molecular formula is C12H24N2O3S. The van der Waals surface area contributed by atoms with E-state index in [1.54, 1.807) is 11.8 Å². The zero-order valence-electron chi connectivity index (χ0n) is 11.4. The fraction of sp³-hybridized carbons (Fsp3) is 0.917. The van der Waals surface area contributed by atoms with Gasteiger partial charge in [0, 0.05) is 30.6 Å². The Bertz CT molecular complexity index is 264. The van der Waals surface area contributed by atoms with Crippen LogP contribution in [0.25, 0.3) is 0 Å². The smallest absolute Gasteiger partial charge is 0.323 e. The van der Waals surface area contributed by atoms with Crippen molar-refractivity contribution in [2.45, 2.75) is 32.0 Å². The molecule has 106 valence electrons. The summed E-state index contributed by atoms with van der Waals surface area (Å²) in [6.45, 7) is 7.14. The molecule has 5 nitrogen and oxygen atoms in total. The zero-order chi connectivity index (χ0) is 13.5. The average Bonchev–Trinajstić information content (AvgIpc) is 2.38. The van der Waals surface area contributed by atoms with Gasteiger partial charge >= 0.3 is 5.97 Å². The number of carbonyl (C=O) groups is 1. The van der Waals surface area contributed by atoms with E-state index in [0.29, 0.717) is 11.8 Å². The molecule has 0 saturated carbocycles. The third kappa shape index (κ3) is 5.14. The lowest BCUT2D eigenvalue weighted by Gasteiger charge is -2.35. The summed E-state index contributed by atoms with van der Waals surface area (Å²) in [5, 5.41) is 0. The van der Waals surface area contributed by atoms with E-state index in [9.17, 15) is 4.79 Å². The van der Waals surface area contributed by atoms with Crippen molar-refractivity contribution in [3.8, 4) is 0 Å². The number of esters is 1. The number of hydrogen-bond donors (Lipinski definition) is 1. The van der Waals surface area contributed by atoms with Gasteiger partial charge in [-0.2, -0.15) is 11.8 Å². The van der Waals surface area contributed by atoms with Crippen LogP contribution in [0.15, 0.2) is 0 Å². The summed E-state index contributed by atoms with van der Waals surface area (Å²) in [6.07, 6.45) is 0.232. The molecule has 0 aromatic rings. The molecule has 1 saturated heterocycles. The molecule has 0 aromatic carbocycles. The minimum atomic E-state index is -0.537. The van der Waals surface area contributed by atoms with Crippen LogP contribution in [0.1, 0.15) is 13.8 Å². The van der Waals surface area contributed by atoms with Gasteiger partial charge in [-0.1, -0.05) is 0 Å². The Balaban J connectivity index is 2.21. The predicted molar refractivity (Wildman–Crippen MR) is 73.8 cm³/mol. The van der Waals surface area contributed by atoms with Crippen LogP contribution in [0.4, 0.5) is 0 Å². The molecule has 1 aliphatic rings. The van der Waals surface area contributed by atoms with Crippen LogP contribution in [0.3, 0.4) is 0 Å². The predicted octanol–water partition coefficient (Wildman–Crippen LogP) is 0.329. The molecule has 1 rings (SSSR count). The molecular weight excluding hydrogens is 252 g/mol. The maximum absolute atomic E-state index is 11.1. The molecule has 0 bridgehead atoms. The van der Waals surface area contributed by atoms with Gasteiger partial charge in [0.1, 0.15) is 6.04 Å². The number of morpholine rings is 1. The first-order valence-electron chi connectivity index (χ1n) is 6.31. The van der Waals surface area contributed by atoms with E-state index in [1.165, 1.54) is 7.11 Å². The Morgan fingerprint density at radius 1 is 1.61 bits per heavy atom. The molecule has 2 atom stereocenters. The highest BCUT2D eigenvalue weighted by Crippen LogP contribution is 2.14. The molecule has 2 unspecified atom stereocenters. The molecule has 0 radical (unpaired) electrons. The number of thioether (sulfide) groups is 1. The Morgan fingerprint density at radius 2 is 2.33 bits per heavy atom. The topological polar surface area (TPSA) is 64.8 Å². The van der Waals surface area contributed by atoms with Crippen LogP contribution < -0.4 is 5.73 Å². The van der Waals surface area contributed by atoms with Gasteiger partial charge in [0.2, 0.25) is 0 Å². The number of hydrogen-bond acceptors (Lipinski definition) is 6. The number of nitrogens with zero attached hydrogens (tertiary/aromatic N) is 1. The summed E-state index contributed by atoms with van der Waals surface area (Å²) < 4.78 is 10.3. The first kappa shape index (κ1) is 15.8. The Kier molecular flexibility index (Phi) is 6.99. The van der Waals surface area contributed by atoms with Gasteiger partial charge in [-0.05, 0) is 13.8 Å². The van der Waals surface area contributed by atoms with Crippen LogP contribution in [0.2, 0.25) is 0 Å². The van der Waals surface area contributed by atoms with E-state index in [2.05, 4.69) is 23.5 Å². The Labute approximate surface area is 113 Å². The van der Waals surface area contributed by atoms with Crippen molar-refractivity contribution in [1.29, 1.82) is 0 Å². The Hall–Kier alpha value is -0.300. The maximum atomic E-state index is 11.1. The fourth-order valence-electron chi connectivity index (χ4n) is 1.86. The quantitative estimate of drug-likeness (QED) is 0.705. The summed E-state index contributed by atoms with van der Waals surface area (Å²) in [5.74, 6) is 1.10. The molecule has 0 amide bonds. The SMILES string of the molecule is COC(=O)C(N)CSCC1CN(C(C)C)CCO1. The fourth-order valence-corrected chi connectivity index (χ4v) is 2.85. The number of nitrogens with two attached hydrogens (primary N) is 1. The summed E-state index contributed by atoms with van der Waals surface area (Å²) in [6, 6.07) is 0.0171. The highest BCUT2D eigenvalue weighted by molar-refractivity contribution is 7.99. The maximum Gasteiger partial charge on any atom is 0.323 e. The number of ether oxygens (including phenoxy) is 2. The van der Waals surface area contributed by atoms with Gasteiger partial charge in [-0.3, -0.25) is 9.69 Å². The summed E-state index contributed by atoms with van der Waals surface area (Å²) in [4.78, 5) is 13.5. The van der Waals surface area contributed by atoms with Crippen LogP contribution in [0, 0.1) is 0 Å². The molecule has 0 spiro atoms. The van der Waals surface area contributed by atoms with E-state index in [1.807, 2.05) is 0 Å². The monoisotopic (exact) mass is 276 g/mol. The van der Waals surface area contributed by atoms with E-state index in [4.69, 9.17) is 10.5 Å². The first-order valence-corrected chi connectivity index (χ1v) is 7.47. The Morgan fingerprint density at radius 3 is 2.94 bits per heavy atom. The molecule has 1 aliphatic heterocycles. The average molecular weight is 276 g/mol. The van der Waals surface area contributed by atoms with E-state index >= 15 is 0 Å². The molecule has 0 aliphatic carbocycles. The van der Waals surface area contributed by atoms with Gasteiger partial charge in [-0.15, -0.1) is 0 Å². The minimum Gasteiger partial charge on any atom is -0.468 e. The van der Waals surface area contributed by atoms with E-state index in [-0.39, 0.29) is 12.1 Å². The zero-order valence-corrected chi connectivity index (χ0v) is 12.2. The van der Waals surface area contributed by atoms with Crippen LogP contribution in [0.5, 0.6) is 0 Å². The molecule has 6 heteroatoms. The minimum absolute atomic E-state index is 0.232. The van der Waals surface area contributed by atoms with Crippen molar-refractivity contribution in [1.82, 2.24) is 4.90 Å². The third-order valence-electron chi connectivity index (χ3n) is 3.01. The van der Waals surface area contributed by atoms with Crippen molar-refractivity contribution in [3.05, 3.63) is 0 Å². The lowest BCUT2D eigenvalue weighted by atomic mass is 10.2. The molecule has 18 heavy (non-hydrogen) atoms. The van der Waals surface area contributed by atoms with Crippen LogP contribution >= 0.6 is 11.8 Å². The van der Waals surface area contributed by atoms with Crippen molar-refractivity contribution in [3.63, 3.8) is 0 Å². The van der Waals surface area contributed by atoms with E-state index in [0.717, 1.165) is 25.4 Å². The van der Waals surface area contributed by atoms with Gasteiger partial charge in [0.25, 0.3) is 0 Å². The van der Waals surface area contributed by atoms with Gasteiger partial charge in [0.15, 0.2) is 0 Å². The highest BCUT2D eigenvalue weighted by atomic mass is 32.2. The van der Waals surface area contributed by atoms with Crippen LogP contribution in [-0.2, 0) is 14.3 Å². The highest BCUT2D eigenvalue weighted by Gasteiger charge is 2.22. The van der Waals surface area contributed by atoms with Gasteiger partial charge in [-0.25, -0.2) is 0 Å². The van der Waals surface area contributed by atoms with Crippen molar-refractivity contribution in [2.24, 2.45) is 5.73 Å². The van der Waals surface area contributed by atoms with Crippen molar-refractivity contribution in [2.75, 3.05) is 38.3 Å². The summed E-state index contributed by atoms with van der Waals surface area (Å²) >= 11 is 1.65. The van der Waals surface area contributed by atoms with Crippen molar-refractivity contribution >= 4 is 17.7 Å². The summed E-state index contributed by atoms with van der Waals surface area (Å²) in [7, 11) is 1.36. The first-order chi connectivity index (χ1) is 8.54. The molecule has 1 heterocycles. The molecule has 2 N–H and O–H groups in total.